The van der Waals surface area contributed by atoms with Crippen LogP contribution in [0.4, 0.5) is 5.82 Å². The van der Waals surface area contributed by atoms with Crippen molar-refractivity contribution in [3.8, 4) is 10.9 Å². The second-order valence-electron chi connectivity index (χ2n) is 6.41. The van der Waals surface area contributed by atoms with Gasteiger partial charge >= 0.3 is 0 Å². The standard InChI is InChI=1S/C20H16N4O2S/c1-26-13-6-4-5-12(9-13)14-10-18(25)23-19-15(14)11-21-24(19)20-22-16-7-2-3-8-17(16)27-20/h2-9,11,14H,10H2,1H3,(H,23,25)/t14-/m1/s1. The second kappa shape index (κ2) is 6.21. The maximum absolute atomic E-state index is 12.4. The number of anilines is 1. The van der Waals surface area contributed by atoms with Crippen molar-refractivity contribution >= 4 is 33.3 Å². The average Bonchev–Trinajstić information content (AvgIpc) is 3.30. The molecular weight excluding hydrogens is 360 g/mol. The van der Waals surface area contributed by atoms with Gasteiger partial charge in [0.25, 0.3) is 0 Å². The summed E-state index contributed by atoms with van der Waals surface area (Å²) in [5.74, 6) is 1.38. The molecule has 0 radical (unpaired) electrons. The third kappa shape index (κ3) is 2.67. The maximum Gasteiger partial charge on any atom is 0.226 e. The largest absolute Gasteiger partial charge is 0.497 e. The number of methoxy groups -OCH3 is 1. The van der Waals surface area contributed by atoms with Crippen LogP contribution in [0, 0.1) is 0 Å². The van der Waals surface area contributed by atoms with Crippen LogP contribution in [0.1, 0.15) is 23.5 Å². The molecule has 5 rings (SSSR count). The van der Waals surface area contributed by atoms with Gasteiger partial charge in [-0.05, 0) is 29.8 Å². The zero-order valence-corrected chi connectivity index (χ0v) is 15.4. The number of thiazole rings is 1. The summed E-state index contributed by atoms with van der Waals surface area (Å²) in [6, 6.07) is 15.8. The van der Waals surface area contributed by atoms with Crippen molar-refractivity contribution in [2.75, 3.05) is 12.4 Å². The Balaban J connectivity index is 1.62. The van der Waals surface area contributed by atoms with E-state index < -0.39 is 0 Å². The summed E-state index contributed by atoms with van der Waals surface area (Å²) in [5.41, 5.74) is 2.95. The van der Waals surface area contributed by atoms with Gasteiger partial charge in [0.15, 0.2) is 0 Å². The summed E-state index contributed by atoms with van der Waals surface area (Å²) in [5, 5.41) is 8.25. The van der Waals surface area contributed by atoms with Crippen LogP contribution in [-0.4, -0.2) is 27.8 Å². The Kier molecular flexibility index (Phi) is 3.68. The van der Waals surface area contributed by atoms with Gasteiger partial charge in [-0.25, -0.2) is 4.98 Å². The highest BCUT2D eigenvalue weighted by molar-refractivity contribution is 7.20. The lowest BCUT2D eigenvalue weighted by atomic mass is 9.87. The van der Waals surface area contributed by atoms with Crippen molar-refractivity contribution in [3.05, 3.63) is 65.9 Å². The van der Waals surface area contributed by atoms with Gasteiger partial charge in [-0.15, -0.1) is 0 Å². The highest BCUT2D eigenvalue weighted by Gasteiger charge is 2.31. The molecule has 0 saturated carbocycles. The molecule has 1 aliphatic heterocycles. The minimum Gasteiger partial charge on any atom is -0.497 e. The summed E-state index contributed by atoms with van der Waals surface area (Å²) < 4.78 is 8.15. The molecule has 0 unspecified atom stereocenters. The fraction of sp³-hybridized carbons (Fsp3) is 0.150. The smallest absolute Gasteiger partial charge is 0.226 e. The lowest BCUT2D eigenvalue weighted by molar-refractivity contribution is -0.116. The molecule has 6 nitrogen and oxygen atoms in total. The van der Waals surface area contributed by atoms with Gasteiger partial charge in [0.05, 0.1) is 23.5 Å². The van der Waals surface area contributed by atoms with Gasteiger partial charge in [0.1, 0.15) is 11.6 Å². The number of amides is 1. The van der Waals surface area contributed by atoms with Crippen molar-refractivity contribution in [3.63, 3.8) is 0 Å². The predicted molar refractivity (Wildman–Crippen MR) is 105 cm³/mol. The van der Waals surface area contributed by atoms with E-state index in [9.17, 15) is 4.79 Å². The van der Waals surface area contributed by atoms with Crippen LogP contribution in [0.2, 0.25) is 0 Å². The molecule has 1 atom stereocenters. The number of aromatic nitrogens is 3. The number of hydrogen-bond donors (Lipinski definition) is 1. The number of ether oxygens (including phenoxy) is 1. The van der Waals surface area contributed by atoms with E-state index in [1.54, 1.807) is 23.1 Å². The van der Waals surface area contributed by atoms with Crippen molar-refractivity contribution in [1.29, 1.82) is 0 Å². The van der Waals surface area contributed by atoms with E-state index in [0.29, 0.717) is 12.2 Å². The fourth-order valence-corrected chi connectivity index (χ4v) is 4.40. The number of carbonyl (C=O) groups is 1. The number of carbonyl (C=O) groups excluding carboxylic acids is 1. The summed E-state index contributed by atoms with van der Waals surface area (Å²) in [6.07, 6.45) is 2.21. The second-order valence-corrected chi connectivity index (χ2v) is 7.42. The third-order valence-corrected chi connectivity index (χ3v) is 5.79. The number of hydrogen-bond acceptors (Lipinski definition) is 5. The summed E-state index contributed by atoms with van der Waals surface area (Å²) >= 11 is 1.55. The van der Waals surface area contributed by atoms with Crippen molar-refractivity contribution < 1.29 is 9.53 Å². The molecule has 2 aromatic heterocycles. The summed E-state index contributed by atoms with van der Waals surface area (Å²) in [6.45, 7) is 0. The fourth-order valence-electron chi connectivity index (χ4n) is 3.47. The topological polar surface area (TPSA) is 69.0 Å². The molecule has 0 fully saturated rings. The minimum atomic E-state index is -0.0630. The Hall–Kier alpha value is -3.19. The Morgan fingerprint density at radius 2 is 2.11 bits per heavy atom. The van der Waals surface area contributed by atoms with E-state index in [1.807, 2.05) is 54.7 Å². The first-order chi connectivity index (χ1) is 13.2. The number of nitrogens with zero attached hydrogens (tertiary/aromatic N) is 3. The number of fused-ring (bicyclic) bond motifs is 2. The Morgan fingerprint density at radius 3 is 2.96 bits per heavy atom. The first-order valence-electron chi connectivity index (χ1n) is 8.60. The van der Waals surface area contributed by atoms with Crippen molar-refractivity contribution in [2.24, 2.45) is 0 Å². The summed E-state index contributed by atoms with van der Waals surface area (Å²) in [7, 11) is 1.64. The zero-order valence-electron chi connectivity index (χ0n) is 14.5. The van der Waals surface area contributed by atoms with E-state index in [-0.39, 0.29) is 11.8 Å². The molecule has 4 aromatic rings. The monoisotopic (exact) mass is 376 g/mol. The average molecular weight is 376 g/mol. The van der Waals surface area contributed by atoms with Crippen LogP contribution in [0.3, 0.4) is 0 Å². The molecular formula is C20H16N4O2S. The quantitative estimate of drug-likeness (QED) is 0.587. The van der Waals surface area contributed by atoms with Crippen LogP contribution < -0.4 is 10.1 Å². The lowest BCUT2D eigenvalue weighted by Gasteiger charge is -2.23. The number of para-hydroxylation sites is 1. The van der Waals surface area contributed by atoms with Crippen molar-refractivity contribution in [1.82, 2.24) is 14.8 Å². The molecule has 1 N–H and O–H groups in total. The Bertz CT molecular complexity index is 1130. The minimum absolute atomic E-state index is 0.0295. The maximum atomic E-state index is 12.4. The molecule has 0 spiro atoms. The zero-order chi connectivity index (χ0) is 18.4. The normalized spacial score (nSPS) is 16.2. The van der Waals surface area contributed by atoms with Gasteiger partial charge in [0, 0.05) is 17.9 Å². The predicted octanol–water partition coefficient (Wildman–Crippen LogP) is 3.96. The molecule has 27 heavy (non-hydrogen) atoms. The number of nitrogens with one attached hydrogen (secondary N) is 1. The van der Waals surface area contributed by atoms with Crippen LogP contribution in [0.25, 0.3) is 15.3 Å². The van der Waals surface area contributed by atoms with E-state index in [0.717, 1.165) is 32.2 Å². The first kappa shape index (κ1) is 16.0. The van der Waals surface area contributed by atoms with E-state index >= 15 is 0 Å². The molecule has 0 bridgehead atoms. The number of benzene rings is 2. The van der Waals surface area contributed by atoms with Gasteiger partial charge < -0.3 is 10.1 Å². The van der Waals surface area contributed by atoms with Gasteiger partial charge in [-0.1, -0.05) is 35.6 Å². The van der Waals surface area contributed by atoms with E-state index in [1.165, 1.54) is 0 Å². The SMILES string of the molecule is COc1cccc([C@H]2CC(=O)Nc3c2cnn3-c2nc3ccccc3s2)c1. The molecule has 7 heteroatoms. The van der Waals surface area contributed by atoms with Gasteiger partial charge in [-0.2, -0.15) is 9.78 Å². The highest BCUT2D eigenvalue weighted by atomic mass is 32.1. The Labute approximate surface area is 159 Å². The van der Waals surface area contributed by atoms with Gasteiger partial charge in [-0.3, -0.25) is 4.79 Å². The number of rotatable bonds is 3. The lowest BCUT2D eigenvalue weighted by Crippen LogP contribution is -2.24. The Morgan fingerprint density at radius 1 is 1.22 bits per heavy atom. The van der Waals surface area contributed by atoms with Crippen LogP contribution in [0.15, 0.2) is 54.7 Å². The summed E-state index contributed by atoms with van der Waals surface area (Å²) in [4.78, 5) is 17.1. The molecule has 134 valence electrons. The molecule has 0 saturated heterocycles. The van der Waals surface area contributed by atoms with Crippen LogP contribution in [0.5, 0.6) is 5.75 Å². The molecule has 1 amide bonds. The highest BCUT2D eigenvalue weighted by Crippen LogP contribution is 2.39. The molecule has 0 aliphatic carbocycles. The molecule has 2 aromatic carbocycles. The van der Waals surface area contributed by atoms with E-state index in [4.69, 9.17) is 4.74 Å². The first-order valence-corrected chi connectivity index (χ1v) is 9.42. The van der Waals surface area contributed by atoms with E-state index in [2.05, 4.69) is 15.4 Å². The molecule has 1 aliphatic rings. The van der Waals surface area contributed by atoms with Crippen molar-refractivity contribution in [2.45, 2.75) is 12.3 Å². The van der Waals surface area contributed by atoms with Crippen LogP contribution >= 0.6 is 11.3 Å². The van der Waals surface area contributed by atoms with Gasteiger partial charge in [0.2, 0.25) is 11.0 Å². The molecule has 3 heterocycles. The van der Waals surface area contributed by atoms with Crippen LogP contribution in [-0.2, 0) is 4.79 Å². The third-order valence-electron chi connectivity index (χ3n) is 4.78.